The molecule has 0 aliphatic heterocycles. The van der Waals surface area contributed by atoms with Gasteiger partial charge in [-0.05, 0) is 101 Å². The number of carbonyl (C=O) groups is 1. The second-order valence-corrected chi connectivity index (χ2v) is 20.7. The smallest absolute Gasteiger partial charge is 0.306 e. The number of halogens is 3. The molecule has 0 radical (unpaired) electrons. The molecule has 0 saturated heterocycles. The zero-order valence-corrected chi connectivity index (χ0v) is 32.1. The van der Waals surface area contributed by atoms with Gasteiger partial charge in [0.15, 0.2) is 14.1 Å². The van der Waals surface area contributed by atoms with Crippen LogP contribution >= 0.6 is 11.6 Å². The van der Waals surface area contributed by atoms with Crippen LogP contribution in [0, 0.1) is 23.5 Å². The van der Waals surface area contributed by atoms with Crippen molar-refractivity contribution in [3.8, 4) is 23.0 Å². The summed E-state index contributed by atoms with van der Waals surface area (Å²) in [4.78, 5) is 18.4. The molecule has 0 saturated carbocycles. The predicted octanol–water partition coefficient (Wildman–Crippen LogP) is 9.36. The van der Waals surface area contributed by atoms with Gasteiger partial charge in [-0.3, -0.25) is 9.48 Å². The van der Waals surface area contributed by atoms with Crippen LogP contribution in [-0.2, 0) is 27.4 Å². The van der Waals surface area contributed by atoms with Gasteiger partial charge in [-0.25, -0.2) is 13.8 Å². The van der Waals surface area contributed by atoms with Crippen LogP contribution in [0.2, 0.25) is 23.2 Å². The van der Waals surface area contributed by atoms with E-state index in [1.807, 2.05) is 26.0 Å². The van der Waals surface area contributed by atoms with E-state index >= 15 is 0 Å². The van der Waals surface area contributed by atoms with Crippen LogP contribution in [0.5, 0.6) is 0 Å². The maximum Gasteiger partial charge on any atom is 0.306 e. The van der Waals surface area contributed by atoms with E-state index < -0.39 is 43.0 Å². The van der Waals surface area contributed by atoms with Gasteiger partial charge in [-0.15, -0.1) is 0 Å². The Morgan fingerprint density at radius 1 is 1.00 bits per heavy atom. The molecule has 1 atom stereocenters. The fourth-order valence-electron chi connectivity index (χ4n) is 5.60. The minimum atomic E-state index is -2.15. The van der Waals surface area contributed by atoms with E-state index in [0.717, 1.165) is 6.07 Å². The van der Waals surface area contributed by atoms with E-state index in [4.69, 9.17) is 31.5 Å². The summed E-state index contributed by atoms with van der Waals surface area (Å²) in [6.07, 6.45) is -0.0223. The summed E-state index contributed by atoms with van der Waals surface area (Å²) in [6.45, 7) is 20.1. The first-order chi connectivity index (χ1) is 22.5. The summed E-state index contributed by atoms with van der Waals surface area (Å²) in [7, 11) is -0.383. The zero-order chi connectivity index (χ0) is 36.7. The monoisotopic (exact) mass is 708 g/mol. The van der Waals surface area contributed by atoms with Gasteiger partial charge < -0.3 is 14.9 Å². The first kappa shape index (κ1) is 38.0. The third-order valence-electron chi connectivity index (χ3n) is 8.61. The number of nitrogen functional groups attached to an aromatic ring is 1. The second kappa shape index (κ2) is 13.9. The standard InChI is InChI=1S/C38H47ClF2N4O3Si/c1-36(2,3)47-31(46)21-24(18-23-19-25(40)22-26(41)20-23)33-28(29-14-15-30(39)32-34(29)45(9)44-35(32)42)13-12-27(43-33)16-17-38(7,8)48-49(10,11)37(4,5)6/h12-15,19-20,22,24H,18,21H2,1-11H3,(H2,42,44)/t24-/m1/s1. The van der Waals surface area contributed by atoms with Gasteiger partial charge in [-0.2, -0.15) is 5.10 Å². The fourth-order valence-corrected chi connectivity index (χ4v) is 7.49. The number of nitrogens with zero attached hydrogens (tertiary/aromatic N) is 3. The van der Waals surface area contributed by atoms with Gasteiger partial charge >= 0.3 is 5.97 Å². The van der Waals surface area contributed by atoms with Crippen molar-refractivity contribution in [2.75, 3.05) is 5.73 Å². The number of benzene rings is 2. The molecule has 4 rings (SSSR count). The predicted molar refractivity (Wildman–Crippen MR) is 196 cm³/mol. The molecule has 2 heterocycles. The van der Waals surface area contributed by atoms with Gasteiger partial charge in [0.05, 0.1) is 28.0 Å². The molecule has 0 fully saturated rings. The van der Waals surface area contributed by atoms with Crippen molar-refractivity contribution in [2.45, 2.75) is 103 Å². The Balaban J connectivity index is 1.95. The third-order valence-corrected chi connectivity index (χ3v) is 13.6. The average molecular weight is 709 g/mol. The Labute approximate surface area is 294 Å². The summed E-state index contributed by atoms with van der Waals surface area (Å²) < 4.78 is 42.9. The SMILES string of the molecule is Cn1nc(N)c2c(Cl)ccc(-c3ccc(C#CC(C)(C)O[Si](C)(C)C(C)(C)C)nc3[C@@H](CC(=O)OC(C)(C)C)Cc3cc(F)cc(F)c3)c21. The highest BCUT2D eigenvalue weighted by molar-refractivity contribution is 6.74. The van der Waals surface area contributed by atoms with Gasteiger partial charge in [0.1, 0.15) is 28.5 Å². The number of rotatable bonds is 8. The number of ether oxygens (including phenoxy) is 1. The largest absolute Gasteiger partial charge is 0.460 e. The Morgan fingerprint density at radius 3 is 2.20 bits per heavy atom. The number of esters is 1. The molecule has 0 unspecified atom stereocenters. The molecular weight excluding hydrogens is 662 g/mol. The molecule has 0 aliphatic rings. The quantitative estimate of drug-likeness (QED) is 0.111. The summed E-state index contributed by atoms with van der Waals surface area (Å²) in [5.74, 6) is 4.18. The van der Waals surface area contributed by atoms with E-state index in [-0.39, 0.29) is 23.7 Å². The maximum atomic E-state index is 14.4. The van der Waals surface area contributed by atoms with Crippen molar-refractivity contribution in [2.24, 2.45) is 7.05 Å². The number of aryl methyl sites for hydroxylation is 1. The van der Waals surface area contributed by atoms with Crippen LogP contribution in [0.15, 0.2) is 42.5 Å². The molecule has 0 spiro atoms. The van der Waals surface area contributed by atoms with Crippen molar-refractivity contribution in [1.82, 2.24) is 14.8 Å². The number of pyridine rings is 1. The van der Waals surface area contributed by atoms with Crippen molar-refractivity contribution in [3.05, 3.63) is 76.1 Å². The molecule has 7 nitrogen and oxygen atoms in total. The number of anilines is 1. The van der Waals surface area contributed by atoms with Crippen molar-refractivity contribution >= 4 is 42.6 Å². The van der Waals surface area contributed by atoms with Gasteiger partial charge in [0.25, 0.3) is 0 Å². The number of aromatic nitrogens is 3. The molecule has 262 valence electrons. The molecule has 11 heteroatoms. The molecule has 2 aromatic heterocycles. The molecule has 4 aromatic rings. The first-order valence-electron chi connectivity index (χ1n) is 16.3. The van der Waals surface area contributed by atoms with E-state index in [2.05, 4.69) is 50.8 Å². The minimum absolute atomic E-state index is 0.0105. The van der Waals surface area contributed by atoms with Crippen LogP contribution in [0.3, 0.4) is 0 Å². The summed E-state index contributed by atoms with van der Waals surface area (Å²) >= 11 is 6.58. The van der Waals surface area contributed by atoms with Crippen molar-refractivity contribution < 1.29 is 22.7 Å². The highest BCUT2D eigenvalue weighted by Gasteiger charge is 2.41. The second-order valence-electron chi connectivity index (χ2n) is 15.5. The van der Waals surface area contributed by atoms with Crippen LogP contribution < -0.4 is 5.73 Å². The maximum absolute atomic E-state index is 14.4. The van der Waals surface area contributed by atoms with Crippen LogP contribution in [-0.4, -0.2) is 40.3 Å². The van der Waals surface area contributed by atoms with Crippen LogP contribution in [0.25, 0.3) is 22.0 Å². The van der Waals surface area contributed by atoms with E-state index in [1.165, 1.54) is 12.1 Å². The normalized spacial score (nSPS) is 13.3. The van der Waals surface area contributed by atoms with Gasteiger partial charge in [0, 0.05) is 30.2 Å². The molecule has 2 N–H and O–H groups in total. The fraction of sp³-hybridized carbons (Fsp3) is 0.447. The summed E-state index contributed by atoms with van der Waals surface area (Å²) in [5.41, 5.74) is 8.10. The molecule has 0 aliphatic carbocycles. The Hall–Kier alpha value is -3.78. The van der Waals surface area contributed by atoms with Crippen molar-refractivity contribution in [3.63, 3.8) is 0 Å². The minimum Gasteiger partial charge on any atom is -0.460 e. The molecular formula is C38H47ClF2N4O3Si. The highest BCUT2D eigenvalue weighted by Crippen LogP contribution is 2.41. The number of nitrogens with two attached hydrogens (primary N) is 1. The number of fused-ring (bicyclic) bond motifs is 1. The first-order valence-corrected chi connectivity index (χ1v) is 19.6. The Kier molecular flexibility index (Phi) is 10.7. The van der Waals surface area contributed by atoms with E-state index in [9.17, 15) is 13.6 Å². The summed E-state index contributed by atoms with van der Waals surface area (Å²) in [6, 6.07) is 10.6. The number of carbonyl (C=O) groups excluding carboxylic acids is 1. The van der Waals surface area contributed by atoms with Crippen LogP contribution in [0.1, 0.15) is 84.7 Å². The Bertz CT molecular complexity index is 1930. The Morgan fingerprint density at radius 2 is 1.61 bits per heavy atom. The number of hydrogen-bond donors (Lipinski definition) is 1. The number of hydrogen-bond acceptors (Lipinski definition) is 6. The molecule has 2 aromatic carbocycles. The lowest BCUT2D eigenvalue weighted by atomic mass is 9.87. The third kappa shape index (κ3) is 9.27. The zero-order valence-electron chi connectivity index (χ0n) is 30.3. The lowest BCUT2D eigenvalue weighted by molar-refractivity contribution is -0.155. The van der Waals surface area contributed by atoms with E-state index in [0.29, 0.717) is 44.0 Å². The highest BCUT2D eigenvalue weighted by atomic mass is 35.5. The lowest BCUT2D eigenvalue weighted by Crippen LogP contribution is -2.47. The molecule has 0 bridgehead atoms. The molecule has 49 heavy (non-hydrogen) atoms. The lowest BCUT2D eigenvalue weighted by Gasteiger charge is -2.40. The van der Waals surface area contributed by atoms with Gasteiger partial charge in [0.2, 0.25) is 0 Å². The summed E-state index contributed by atoms with van der Waals surface area (Å²) in [5, 5.41) is 5.41. The topological polar surface area (TPSA) is 92.3 Å². The van der Waals surface area contributed by atoms with Crippen LogP contribution in [0.4, 0.5) is 14.6 Å². The van der Waals surface area contributed by atoms with Gasteiger partial charge in [-0.1, -0.05) is 44.4 Å². The average Bonchev–Trinajstić information content (AvgIpc) is 3.23. The van der Waals surface area contributed by atoms with E-state index in [1.54, 1.807) is 44.6 Å². The van der Waals surface area contributed by atoms with Crippen molar-refractivity contribution in [1.29, 1.82) is 0 Å². The molecule has 0 amide bonds.